The van der Waals surface area contributed by atoms with Crippen molar-refractivity contribution in [2.24, 2.45) is 5.11 Å². The lowest BCUT2D eigenvalue weighted by atomic mass is 10.3. The van der Waals surface area contributed by atoms with E-state index in [0.717, 1.165) is 5.06 Å². The van der Waals surface area contributed by atoms with Crippen LogP contribution in [-0.2, 0) is 23.7 Å². The first-order chi connectivity index (χ1) is 14.7. The number of hydrogen-bond acceptors (Lipinski definition) is 9. The van der Waals surface area contributed by atoms with E-state index in [-0.39, 0.29) is 18.8 Å². The molecule has 0 aliphatic heterocycles. The Balaban J connectivity index is 1.96. The second-order valence-electron chi connectivity index (χ2n) is 5.49. The van der Waals surface area contributed by atoms with Crippen molar-refractivity contribution in [2.45, 2.75) is 0 Å². The van der Waals surface area contributed by atoms with Crippen LogP contribution in [0.2, 0.25) is 0 Å². The Bertz CT molecular complexity index is 654. The van der Waals surface area contributed by atoms with Crippen LogP contribution in [0.4, 0.5) is 5.69 Å². The van der Waals surface area contributed by atoms with E-state index in [1.165, 1.54) is 24.3 Å². The fourth-order valence-corrected chi connectivity index (χ4v) is 1.95. The zero-order chi connectivity index (χ0) is 21.9. The van der Waals surface area contributed by atoms with Gasteiger partial charge in [-0.25, -0.2) is 0 Å². The largest absolute Gasteiger partial charge is 0.379 e. The molecule has 0 aliphatic carbocycles. The molecule has 0 spiro atoms. The molecule has 0 saturated carbocycles. The molecule has 30 heavy (non-hydrogen) atoms. The summed E-state index contributed by atoms with van der Waals surface area (Å²) in [4.78, 5) is 29.0. The SMILES string of the molecule is [N-]=[N+]=NCCOCCOCCOCCOCCN(C=O)Oc1ccc([N+](=O)[O-])cc1. The number of amides is 1. The number of nitro benzene ring substituents is 1. The zero-order valence-corrected chi connectivity index (χ0v) is 16.5. The fourth-order valence-electron chi connectivity index (χ4n) is 1.95. The minimum absolute atomic E-state index is 0.0655. The summed E-state index contributed by atoms with van der Waals surface area (Å²) < 4.78 is 21.2. The Morgan fingerprint density at radius 1 is 0.967 bits per heavy atom. The summed E-state index contributed by atoms with van der Waals surface area (Å²) in [6.07, 6.45) is 0.499. The molecule has 0 heterocycles. The van der Waals surface area contributed by atoms with E-state index in [1.807, 2.05) is 0 Å². The predicted octanol–water partition coefficient (Wildman–Crippen LogP) is 1.72. The number of azide groups is 1. The summed E-state index contributed by atoms with van der Waals surface area (Å²) in [6, 6.07) is 5.38. The van der Waals surface area contributed by atoms with Crippen molar-refractivity contribution >= 4 is 12.1 Å². The summed E-state index contributed by atoms with van der Waals surface area (Å²) in [6.45, 7) is 3.46. The minimum Gasteiger partial charge on any atom is -0.379 e. The van der Waals surface area contributed by atoms with E-state index in [2.05, 4.69) is 10.0 Å². The number of nitrogens with zero attached hydrogens (tertiary/aromatic N) is 5. The number of benzene rings is 1. The van der Waals surface area contributed by atoms with Crippen LogP contribution in [0.3, 0.4) is 0 Å². The van der Waals surface area contributed by atoms with E-state index >= 15 is 0 Å². The molecule has 0 aliphatic rings. The maximum Gasteiger partial charge on any atom is 0.269 e. The number of ether oxygens (including phenoxy) is 4. The summed E-state index contributed by atoms with van der Waals surface area (Å²) in [7, 11) is 0. The average Bonchev–Trinajstić information content (AvgIpc) is 2.75. The van der Waals surface area contributed by atoms with Gasteiger partial charge in [0, 0.05) is 23.6 Å². The molecule has 1 aromatic rings. The molecule has 13 nitrogen and oxygen atoms in total. The molecular formula is C17H25N5O8. The summed E-state index contributed by atoms with van der Waals surface area (Å²) in [5.41, 5.74) is 8.02. The van der Waals surface area contributed by atoms with Crippen LogP contribution in [0, 0.1) is 10.1 Å². The van der Waals surface area contributed by atoms with Gasteiger partial charge in [0.15, 0.2) is 5.75 Å². The molecule has 0 aromatic heterocycles. The average molecular weight is 427 g/mol. The van der Waals surface area contributed by atoms with E-state index in [4.69, 9.17) is 29.3 Å². The summed E-state index contributed by atoms with van der Waals surface area (Å²) in [5.74, 6) is 0.303. The quantitative estimate of drug-likeness (QED) is 0.0614. The zero-order valence-electron chi connectivity index (χ0n) is 16.5. The number of hydroxylamine groups is 2. The van der Waals surface area contributed by atoms with E-state index < -0.39 is 4.92 Å². The first kappa shape index (κ1) is 25.1. The van der Waals surface area contributed by atoms with Gasteiger partial charge in [0.1, 0.15) is 0 Å². The maximum atomic E-state index is 11.0. The number of carbonyl (C=O) groups excluding carboxylic acids is 1. The predicted molar refractivity (Wildman–Crippen MR) is 104 cm³/mol. The van der Waals surface area contributed by atoms with Gasteiger partial charge >= 0.3 is 0 Å². The van der Waals surface area contributed by atoms with Crippen LogP contribution in [0.25, 0.3) is 10.4 Å². The first-order valence-electron chi connectivity index (χ1n) is 9.13. The van der Waals surface area contributed by atoms with Crippen molar-refractivity contribution < 1.29 is 33.5 Å². The van der Waals surface area contributed by atoms with Crippen molar-refractivity contribution in [3.63, 3.8) is 0 Å². The molecule has 166 valence electrons. The van der Waals surface area contributed by atoms with Gasteiger partial charge in [-0.05, 0) is 17.7 Å². The Kier molecular flexibility index (Phi) is 14.2. The number of non-ortho nitro benzene ring substituents is 1. The van der Waals surface area contributed by atoms with Gasteiger partial charge in [0.25, 0.3) is 5.69 Å². The van der Waals surface area contributed by atoms with Crippen LogP contribution in [0.5, 0.6) is 5.75 Å². The highest BCUT2D eigenvalue weighted by molar-refractivity contribution is 5.46. The van der Waals surface area contributed by atoms with E-state index in [1.54, 1.807) is 0 Å². The molecule has 1 rings (SSSR count). The van der Waals surface area contributed by atoms with Crippen LogP contribution in [0.1, 0.15) is 0 Å². The van der Waals surface area contributed by atoms with Gasteiger partial charge in [0.2, 0.25) is 6.41 Å². The third-order valence-electron chi connectivity index (χ3n) is 3.36. The van der Waals surface area contributed by atoms with Crippen molar-refractivity contribution in [2.75, 3.05) is 65.9 Å². The van der Waals surface area contributed by atoms with E-state index in [9.17, 15) is 14.9 Å². The topological polar surface area (TPSA) is 158 Å². The highest BCUT2D eigenvalue weighted by Crippen LogP contribution is 2.17. The first-order valence-corrected chi connectivity index (χ1v) is 9.13. The van der Waals surface area contributed by atoms with Gasteiger partial charge in [-0.1, -0.05) is 5.11 Å². The molecule has 0 N–H and O–H groups in total. The number of carbonyl (C=O) groups is 1. The van der Waals surface area contributed by atoms with Gasteiger partial charge in [-0.15, -0.1) is 0 Å². The van der Waals surface area contributed by atoms with Crippen LogP contribution in [0.15, 0.2) is 29.4 Å². The molecule has 0 fully saturated rings. The molecule has 0 bridgehead atoms. The molecule has 0 unspecified atom stereocenters. The number of nitro groups is 1. The van der Waals surface area contributed by atoms with Crippen molar-refractivity contribution in [3.05, 3.63) is 44.8 Å². The Morgan fingerprint density at radius 3 is 2.00 bits per heavy atom. The fraction of sp³-hybridized carbons (Fsp3) is 0.588. The smallest absolute Gasteiger partial charge is 0.269 e. The van der Waals surface area contributed by atoms with Crippen LogP contribution < -0.4 is 4.84 Å². The second kappa shape index (κ2) is 16.9. The Labute approximate surface area is 173 Å². The van der Waals surface area contributed by atoms with Gasteiger partial charge in [-0.2, -0.15) is 5.06 Å². The van der Waals surface area contributed by atoms with Gasteiger partial charge in [-0.3, -0.25) is 14.9 Å². The van der Waals surface area contributed by atoms with Gasteiger partial charge < -0.3 is 23.8 Å². The Morgan fingerprint density at radius 2 is 1.50 bits per heavy atom. The normalized spacial score (nSPS) is 10.3. The third-order valence-corrected chi connectivity index (χ3v) is 3.36. The van der Waals surface area contributed by atoms with Crippen molar-refractivity contribution in [1.82, 2.24) is 5.06 Å². The molecule has 1 amide bonds. The molecule has 1 aromatic carbocycles. The number of hydrogen-bond donors (Lipinski definition) is 0. The number of rotatable bonds is 19. The van der Waals surface area contributed by atoms with Gasteiger partial charge in [0.05, 0.1) is 64.3 Å². The highest BCUT2D eigenvalue weighted by atomic mass is 16.7. The van der Waals surface area contributed by atoms with Crippen LogP contribution >= 0.6 is 0 Å². The van der Waals surface area contributed by atoms with Crippen LogP contribution in [-0.4, -0.2) is 82.3 Å². The lowest BCUT2D eigenvalue weighted by Crippen LogP contribution is -2.30. The molecule has 0 saturated heterocycles. The van der Waals surface area contributed by atoms with E-state index in [0.29, 0.717) is 65.0 Å². The molecular weight excluding hydrogens is 402 g/mol. The molecule has 13 heteroatoms. The van der Waals surface area contributed by atoms with Crippen molar-refractivity contribution in [3.8, 4) is 5.75 Å². The third kappa shape index (κ3) is 12.5. The lowest BCUT2D eigenvalue weighted by molar-refractivity contribution is -0.384. The second-order valence-corrected chi connectivity index (χ2v) is 5.49. The maximum absolute atomic E-state index is 11.0. The standard InChI is InChI=1S/C17H25N5O8/c18-20-19-5-7-26-9-11-28-13-14-29-12-10-27-8-6-21(15-23)30-17-3-1-16(2-4-17)22(24)25/h1-4,15H,5-14H2. The van der Waals surface area contributed by atoms with Crippen molar-refractivity contribution in [1.29, 1.82) is 0 Å². The molecule has 0 radical (unpaired) electrons. The summed E-state index contributed by atoms with van der Waals surface area (Å²) >= 11 is 0. The summed E-state index contributed by atoms with van der Waals surface area (Å²) in [5, 5.41) is 15.0. The highest BCUT2D eigenvalue weighted by Gasteiger charge is 2.08. The minimum atomic E-state index is -0.519. The molecule has 0 atom stereocenters. The lowest BCUT2D eigenvalue weighted by Gasteiger charge is -2.17. The monoisotopic (exact) mass is 427 g/mol. The Hall–Kier alpha value is -2.96.